The fraction of sp³-hybridized carbons (Fsp3) is 0.118. The Hall–Kier alpha value is -1.39. The van der Waals surface area contributed by atoms with Crippen LogP contribution in [0, 0.1) is 6.92 Å². The van der Waals surface area contributed by atoms with Crippen molar-refractivity contribution in [3.63, 3.8) is 0 Å². The predicted molar refractivity (Wildman–Crippen MR) is 95.6 cm³/mol. The van der Waals surface area contributed by atoms with E-state index in [0.29, 0.717) is 0 Å². The van der Waals surface area contributed by atoms with E-state index in [1.807, 2.05) is 12.3 Å². The molecule has 0 unspecified atom stereocenters. The zero-order valence-corrected chi connectivity index (χ0v) is 14.7. The third-order valence-electron chi connectivity index (χ3n) is 3.38. The molecule has 0 saturated heterocycles. The van der Waals surface area contributed by atoms with Gasteiger partial charge in [0.1, 0.15) is 0 Å². The quantitative estimate of drug-likeness (QED) is 0.606. The Morgan fingerprint density at radius 1 is 1.10 bits per heavy atom. The Morgan fingerprint density at radius 3 is 2.76 bits per heavy atom. The van der Waals surface area contributed by atoms with Crippen molar-refractivity contribution >= 4 is 48.5 Å². The van der Waals surface area contributed by atoms with Crippen molar-refractivity contribution in [1.29, 1.82) is 0 Å². The van der Waals surface area contributed by atoms with Crippen molar-refractivity contribution in [2.45, 2.75) is 13.5 Å². The summed E-state index contributed by atoms with van der Waals surface area (Å²) in [7, 11) is 0. The van der Waals surface area contributed by atoms with Gasteiger partial charge in [0.25, 0.3) is 0 Å². The van der Waals surface area contributed by atoms with Crippen LogP contribution in [0.2, 0.25) is 0 Å². The van der Waals surface area contributed by atoms with Gasteiger partial charge < -0.3 is 5.32 Å². The molecule has 21 heavy (non-hydrogen) atoms. The van der Waals surface area contributed by atoms with Gasteiger partial charge in [0, 0.05) is 27.1 Å². The molecule has 1 heterocycles. The third-order valence-corrected chi connectivity index (χ3v) is 4.71. The largest absolute Gasteiger partial charge is 0.379 e. The highest BCUT2D eigenvalue weighted by Gasteiger charge is 2.03. The Labute approximate surface area is 140 Å². The monoisotopic (exact) mass is 404 g/mol. The lowest BCUT2D eigenvalue weighted by Gasteiger charge is -2.10. The molecule has 1 N–H and O–H groups in total. The number of hydrogen-bond donors (Lipinski definition) is 1. The average molecular weight is 406 g/mol. The average Bonchev–Trinajstić information content (AvgIpc) is 2.48. The summed E-state index contributed by atoms with van der Waals surface area (Å²) in [5.41, 5.74) is 4.55. The van der Waals surface area contributed by atoms with Gasteiger partial charge >= 0.3 is 0 Å². The van der Waals surface area contributed by atoms with Gasteiger partial charge in [0.15, 0.2) is 0 Å². The second-order valence-corrected chi connectivity index (χ2v) is 6.74. The van der Waals surface area contributed by atoms with E-state index in [0.717, 1.165) is 32.1 Å². The first-order chi connectivity index (χ1) is 10.1. The first-order valence-corrected chi connectivity index (χ1v) is 8.25. The fourth-order valence-electron chi connectivity index (χ4n) is 2.29. The predicted octanol–water partition coefficient (Wildman–Crippen LogP) is 5.68. The van der Waals surface area contributed by atoms with Crippen molar-refractivity contribution in [3.05, 3.63) is 68.7 Å². The molecular weight excluding hydrogens is 392 g/mol. The van der Waals surface area contributed by atoms with Crippen LogP contribution >= 0.6 is 31.9 Å². The first kappa shape index (κ1) is 14.5. The Kier molecular flexibility index (Phi) is 4.27. The second kappa shape index (κ2) is 6.16. The van der Waals surface area contributed by atoms with Crippen LogP contribution in [0.5, 0.6) is 0 Å². The molecule has 106 valence electrons. The molecule has 4 heteroatoms. The van der Waals surface area contributed by atoms with Crippen molar-refractivity contribution < 1.29 is 0 Å². The van der Waals surface area contributed by atoms with E-state index >= 15 is 0 Å². The third kappa shape index (κ3) is 3.27. The highest BCUT2D eigenvalue weighted by atomic mass is 79.9. The number of halogens is 2. The summed E-state index contributed by atoms with van der Waals surface area (Å²) in [6.45, 7) is 2.88. The minimum absolute atomic E-state index is 0.783. The molecule has 0 spiro atoms. The molecule has 0 aliphatic rings. The van der Waals surface area contributed by atoms with E-state index in [2.05, 4.69) is 85.5 Å². The van der Waals surface area contributed by atoms with Crippen LogP contribution in [0.15, 0.2) is 57.6 Å². The number of aromatic nitrogens is 1. The molecule has 0 aliphatic carbocycles. The maximum absolute atomic E-state index is 4.51. The van der Waals surface area contributed by atoms with Gasteiger partial charge in [-0.2, -0.15) is 0 Å². The second-order valence-electron chi connectivity index (χ2n) is 4.97. The number of para-hydroxylation sites is 1. The Balaban J connectivity index is 1.86. The zero-order valence-electron chi connectivity index (χ0n) is 11.5. The lowest BCUT2D eigenvalue weighted by atomic mass is 10.1. The summed E-state index contributed by atoms with van der Waals surface area (Å²) < 4.78 is 2.14. The van der Waals surface area contributed by atoms with Crippen molar-refractivity contribution in [3.8, 4) is 0 Å². The van der Waals surface area contributed by atoms with Gasteiger partial charge in [-0.3, -0.25) is 4.98 Å². The summed E-state index contributed by atoms with van der Waals surface area (Å²) in [6, 6.07) is 14.7. The fourth-order valence-corrected chi connectivity index (χ4v) is 2.89. The van der Waals surface area contributed by atoms with Crippen LogP contribution < -0.4 is 5.32 Å². The van der Waals surface area contributed by atoms with Crippen LogP contribution in [0.4, 0.5) is 5.69 Å². The first-order valence-electron chi connectivity index (χ1n) is 6.66. The van der Waals surface area contributed by atoms with E-state index in [1.165, 1.54) is 11.1 Å². The summed E-state index contributed by atoms with van der Waals surface area (Å²) in [6.07, 6.45) is 1.83. The van der Waals surface area contributed by atoms with Gasteiger partial charge in [0.05, 0.1) is 11.2 Å². The normalized spacial score (nSPS) is 10.8. The van der Waals surface area contributed by atoms with E-state index in [4.69, 9.17) is 0 Å². The van der Waals surface area contributed by atoms with Crippen molar-refractivity contribution in [2.24, 2.45) is 0 Å². The lowest BCUT2D eigenvalue weighted by Crippen LogP contribution is -2.01. The van der Waals surface area contributed by atoms with Gasteiger partial charge in [-0.1, -0.05) is 40.2 Å². The SMILES string of the molecule is Cc1cc(CNc2cccc3cc(Br)cnc23)ccc1Br. The topological polar surface area (TPSA) is 24.9 Å². The number of pyridine rings is 1. The van der Waals surface area contributed by atoms with Crippen LogP contribution in [0.3, 0.4) is 0 Å². The zero-order chi connectivity index (χ0) is 14.8. The smallest absolute Gasteiger partial charge is 0.0934 e. The van der Waals surface area contributed by atoms with Crippen molar-refractivity contribution in [1.82, 2.24) is 4.98 Å². The number of nitrogens with one attached hydrogen (secondary N) is 1. The van der Waals surface area contributed by atoms with E-state index in [9.17, 15) is 0 Å². The lowest BCUT2D eigenvalue weighted by molar-refractivity contribution is 1.14. The molecule has 0 amide bonds. The molecule has 1 aromatic heterocycles. The van der Waals surface area contributed by atoms with Crippen molar-refractivity contribution in [2.75, 3.05) is 5.32 Å². The van der Waals surface area contributed by atoms with Gasteiger partial charge in [0.2, 0.25) is 0 Å². The van der Waals surface area contributed by atoms with Crippen LogP contribution in [-0.4, -0.2) is 4.98 Å². The highest BCUT2D eigenvalue weighted by molar-refractivity contribution is 9.10. The molecule has 0 radical (unpaired) electrons. The summed E-state index contributed by atoms with van der Waals surface area (Å²) in [5, 5.41) is 4.60. The molecule has 0 aliphatic heterocycles. The molecule has 0 bridgehead atoms. The molecule has 2 aromatic carbocycles. The number of nitrogens with zero attached hydrogens (tertiary/aromatic N) is 1. The van der Waals surface area contributed by atoms with Gasteiger partial charge in [-0.15, -0.1) is 0 Å². The Morgan fingerprint density at radius 2 is 1.95 bits per heavy atom. The highest BCUT2D eigenvalue weighted by Crippen LogP contribution is 2.25. The summed E-state index contributed by atoms with van der Waals surface area (Å²) in [5.74, 6) is 0. The van der Waals surface area contributed by atoms with Gasteiger partial charge in [-0.05, 0) is 52.2 Å². The van der Waals surface area contributed by atoms with Crippen LogP contribution in [-0.2, 0) is 6.54 Å². The molecule has 0 fully saturated rings. The minimum Gasteiger partial charge on any atom is -0.379 e. The van der Waals surface area contributed by atoms with Crippen LogP contribution in [0.1, 0.15) is 11.1 Å². The number of hydrogen-bond acceptors (Lipinski definition) is 2. The molecule has 2 nitrogen and oxygen atoms in total. The maximum Gasteiger partial charge on any atom is 0.0934 e. The molecule has 3 aromatic rings. The van der Waals surface area contributed by atoms with Gasteiger partial charge in [-0.25, -0.2) is 0 Å². The molecule has 0 saturated carbocycles. The van der Waals surface area contributed by atoms with E-state index in [-0.39, 0.29) is 0 Å². The molecule has 3 rings (SSSR count). The number of benzene rings is 2. The Bertz CT molecular complexity index is 800. The minimum atomic E-state index is 0.783. The number of rotatable bonds is 3. The van der Waals surface area contributed by atoms with Crippen LogP contribution in [0.25, 0.3) is 10.9 Å². The molecule has 0 atom stereocenters. The number of anilines is 1. The number of fused-ring (bicyclic) bond motifs is 1. The summed E-state index contributed by atoms with van der Waals surface area (Å²) >= 11 is 6.99. The van der Waals surface area contributed by atoms with E-state index < -0.39 is 0 Å². The summed E-state index contributed by atoms with van der Waals surface area (Å²) in [4.78, 5) is 4.51. The standard InChI is InChI=1S/C17H14Br2N2/c1-11-7-12(5-6-15(11)19)9-20-16-4-2-3-13-8-14(18)10-21-17(13)16/h2-8,10,20H,9H2,1H3. The number of aryl methyl sites for hydroxylation is 1. The molecular formula is C17H14Br2N2. The van der Waals surface area contributed by atoms with E-state index in [1.54, 1.807) is 0 Å². The maximum atomic E-state index is 4.51.